The molecule has 2 N–H and O–H groups in total. The van der Waals surface area contributed by atoms with E-state index in [1.165, 1.54) is 18.5 Å². The van der Waals surface area contributed by atoms with Crippen LogP contribution in [0.2, 0.25) is 0 Å². The molecule has 1 aromatic carbocycles. The summed E-state index contributed by atoms with van der Waals surface area (Å²) in [7, 11) is 0.446. The minimum atomic E-state index is -0.971. The molecule has 1 heterocycles. The minimum Gasteiger partial charge on any atom is -0.458 e. The average Bonchev–Trinajstić information content (AvgIpc) is 3.25. The van der Waals surface area contributed by atoms with Crippen LogP contribution in [0.5, 0.6) is 0 Å². The zero-order chi connectivity index (χ0) is 23.3. The molecule has 8 nitrogen and oxygen atoms in total. The van der Waals surface area contributed by atoms with Crippen LogP contribution in [-0.4, -0.2) is 51.6 Å². The molecule has 0 saturated carbocycles. The summed E-state index contributed by atoms with van der Waals surface area (Å²) in [6, 6.07) is 7.83. The Kier molecular flexibility index (Phi) is 15.1. The van der Waals surface area contributed by atoms with Crippen molar-refractivity contribution >= 4 is 20.0 Å². The van der Waals surface area contributed by atoms with Crippen LogP contribution in [0.25, 0.3) is 0 Å². The fourth-order valence-corrected chi connectivity index (χ4v) is 3.85. The first-order valence-electron chi connectivity index (χ1n) is 10.4. The molecule has 182 valence electrons. The van der Waals surface area contributed by atoms with E-state index >= 15 is 0 Å². The molecular formula is C22H34AuN4O4P. The minimum absolute atomic E-state index is 0. The van der Waals surface area contributed by atoms with Crippen molar-refractivity contribution in [1.29, 1.82) is 0 Å². The molecular weight excluding hydrogens is 612 g/mol. The second-order valence-corrected chi connectivity index (χ2v) is 10.9. The predicted molar refractivity (Wildman–Crippen MR) is 122 cm³/mol. The number of carbonyl (C=O) groups excluding carboxylic acids is 2. The molecule has 0 saturated heterocycles. The van der Waals surface area contributed by atoms with E-state index in [2.05, 4.69) is 47.7 Å². The normalized spacial score (nSPS) is 11.5. The van der Waals surface area contributed by atoms with Crippen LogP contribution in [0, 0.1) is 6.20 Å². The fourth-order valence-electron chi connectivity index (χ4n) is 2.51. The number of hydrogen-bond acceptors (Lipinski definition) is 6. The van der Waals surface area contributed by atoms with Gasteiger partial charge in [-0.05, 0) is 44.8 Å². The van der Waals surface area contributed by atoms with E-state index < -0.39 is 23.7 Å². The van der Waals surface area contributed by atoms with Crippen molar-refractivity contribution < 1.29 is 41.4 Å². The summed E-state index contributed by atoms with van der Waals surface area (Å²) in [5.41, 5.74) is 0.337. The van der Waals surface area contributed by atoms with Gasteiger partial charge in [0.2, 0.25) is 0 Å². The molecule has 2 rings (SSSR count). The maximum absolute atomic E-state index is 12.4. The van der Waals surface area contributed by atoms with Gasteiger partial charge < -0.3 is 26.1 Å². The number of amides is 1. The standard InChI is InChI=1S/C16H19N4O4.C6H15P.Au/c1-16(2,3)24-14(21)13(11-7-5-4-6-8-11)18-15(22)23-10-12-9-17-20-19-12;1-4-7(5-2)6-3;/h4-8,13H,10H2,1-3H3,(H,18,22)(H,17,19,20);4-6H2,1-3H3;/q-1;;+1/t13-;;/m1../s1. The Morgan fingerprint density at radius 3 is 2.16 bits per heavy atom. The third kappa shape index (κ3) is 12.3. The molecule has 0 aliphatic heterocycles. The molecule has 0 radical (unpaired) electrons. The van der Waals surface area contributed by atoms with Crippen molar-refractivity contribution in [3.05, 3.63) is 47.8 Å². The van der Waals surface area contributed by atoms with Crippen LogP contribution in [0.3, 0.4) is 0 Å². The van der Waals surface area contributed by atoms with Crippen LogP contribution in [0.15, 0.2) is 30.3 Å². The molecule has 32 heavy (non-hydrogen) atoms. The van der Waals surface area contributed by atoms with Crippen molar-refractivity contribution in [3.8, 4) is 0 Å². The van der Waals surface area contributed by atoms with Gasteiger partial charge in [-0.15, -0.1) is 13.1 Å². The maximum atomic E-state index is 12.4. The zero-order valence-electron chi connectivity index (χ0n) is 19.6. The van der Waals surface area contributed by atoms with E-state index in [1.807, 2.05) is 6.07 Å². The summed E-state index contributed by atoms with van der Waals surface area (Å²) < 4.78 is 10.4. The van der Waals surface area contributed by atoms with Crippen LogP contribution in [0.1, 0.15) is 58.8 Å². The number of H-pyrrole nitrogens is 1. The SMILES string of the molecule is CC(C)(C)OC(=O)[C@H](NC(=O)OCc1[c-]nn[nH]1)c1ccccc1.CCP(CC)CC.[Au+]. The van der Waals surface area contributed by atoms with Crippen LogP contribution < -0.4 is 5.32 Å². The molecule has 0 aliphatic rings. The Hall–Kier alpha value is -1.73. The molecule has 10 heteroatoms. The van der Waals surface area contributed by atoms with E-state index in [1.54, 1.807) is 45.0 Å². The van der Waals surface area contributed by atoms with Gasteiger partial charge >= 0.3 is 34.4 Å². The van der Waals surface area contributed by atoms with Gasteiger partial charge in [-0.2, -0.15) is 0 Å². The first kappa shape index (κ1) is 30.3. The number of aromatic amines is 1. The second-order valence-electron chi connectivity index (χ2n) is 7.62. The van der Waals surface area contributed by atoms with Crippen molar-refractivity contribution in [2.24, 2.45) is 0 Å². The van der Waals surface area contributed by atoms with E-state index in [-0.39, 0.29) is 29.0 Å². The van der Waals surface area contributed by atoms with E-state index in [0.717, 1.165) is 0 Å². The van der Waals surface area contributed by atoms with Crippen molar-refractivity contribution in [2.45, 2.75) is 59.8 Å². The zero-order valence-corrected chi connectivity index (χ0v) is 22.6. The predicted octanol–water partition coefficient (Wildman–Crippen LogP) is 4.44. The fraction of sp³-hybridized carbons (Fsp3) is 0.545. The third-order valence-electron chi connectivity index (χ3n) is 4.15. The van der Waals surface area contributed by atoms with Gasteiger partial charge in [0.25, 0.3) is 0 Å². The first-order valence-corrected chi connectivity index (χ1v) is 12.3. The summed E-state index contributed by atoms with van der Waals surface area (Å²) in [5, 5.41) is 12.0. The van der Waals surface area contributed by atoms with Crippen molar-refractivity contribution in [3.63, 3.8) is 0 Å². The number of rotatable bonds is 8. The van der Waals surface area contributed by atoms with Gasteiger partial charge in [0, 0.05) is 0 Å². The largest absolute Gasteiger partial charge is 1.00 e. The van der Waals surface area contributed by atoms with Crippen molar-refractivity contribution in [2.75, 3.05) is 18.5 Å². The molecule has 1 aromatic heterocycles. The smallest absolute Gasteiger partial charge is 0.458 e. The van der Waals surface area contributed by atoms with Gasteiger partial charge in [0.15, 0.2) is 6.04 Å². The molecule has 1 atom stereocenters. The number of nitrogens with zero attached hydrogens (tertiary/aromatic N) is 2. The van der Waals surface area contributed by atoms with Gasteiger partial charge in [-0.25, -0.2) is 9.59 Å². The number of nitrogens with one attached hydrogen (secondary N) is 2. The molecule has 0 aliphatic carbocycles. The number of aromatic nitrogens is 3. The van der Waals surface area contributed by atoms with Crippen LogP contribution >= 0.6 is 7.92 Å². The van der Waals surface area contributed by atoms with Gasteiger partial charge in [0.05, 0.1) is 0 Å². The molecule has 0 bridgehead atoms. The molecule has 0 unspecified atom stereocenters. The second kappa shape index (κ2) is 16.0. The van der Waals surface area contributed by atoms with E-state index in [9.17, 15) is 9.59 Å². The Labute approximate surface area is 207 Å². The van der Waals surface area contributed by atoms with Crippen LogP contribution in [-0.2, 0) is 43.3 Å². The molecule has 0 spiro atoms. The molecule has 2 aromatic rings. The summed E-state index contributed by atoms with van der Waals surface area (Å²) in [6.07, 6.45) is 6.01. The van der Waals surface area contributed by atoms with E-state index in [4.69, 9.17) is 9.47 Å². The number of carbonyl (C=O) groups is 2. The van der Waals surface area contributed by atoms with Crippen molar-refractivity contribution in [1.82, 2.24) is 20.7 Å². The number of ether oxygens (including phenoxy) is 2. The first-order chi connectivity index (χ1) is 14.7. The summed E-state index contributed by atoms with van der Waals surface area (Å²) >= 11 is 0. The van der Waals surface area contributed by atoms with Gasteiger partial charge in [-0.3, -0.25) is 5.10 Å². The Morgan fingerprint density at radius 2 is 1.72 bits per heavy atom. The monoisotopic (exact) mass is 646 g/mol. The quantitative estimate of drug-likeness (QED) is 0.190. The maximum Gasteiger partial charge on any atom is 1.00 e. The summed E-state index contributed by atoms with van der Waals surface area (Å²) in [6.45, 7) is 12.1. The molecule has 0 fully saturated rings. The summed E-state index contributed by atoms with van der Waals surface area (Å²) in [4.78, 5) is 24.4. The number of hydrogen-bond donors (Lipinski definition) is 2. The number of alkyl carbamates (subject to hydrolysis) is 1. The van der Waals surface area contributed by atoms with Crippen LogP contribution in [0.4, 0.5) is 4.79 Å². The number of benzene rings is 1. The van der Waals surface area contributed by atoms with Gasteiger partial charge in [0.1, 0.15) is 12.2 Å². The summed E-state index contributed by atoms with van der Waals surface area (Å²) in [5.74, 6) is -0.569. The van der Waals surface area contributed by atoms with Gasteiger partial charge in [-0.1, -0.05) is 56.8 Å². The topological polar surface area (TPSA) is 106 Å². The number of esters is 1. The Bertz CT molecular complexity index is 760. The average molecular weight is 646 g/mol. The third-order valence-corrected chi connectivity index (χ3v) is 6.83. The Balaban J connectivity index is 0.00000104. The Morgan fingerprint density at radius 1 is 1.12 bits per heavy atom. The van der Waals surface area contributed by atoms with E-state index in [0.29, 0.717) is 19.2 Å². The molecule has 1 amide bonds.